The van der Waals surface area contributed by atoms with Crippen LogP contribution in [0.5, 0.6) is 0 Å². The average molecular weight is 277 g/mol. The van der Waals surface area contributed by atoms with Crippen LogP contribution >= 0.6 is 0 Å². The number of rotatable bonds is 8. The lowest BCUT2D eigenvalue weighted by Crippen LogP contribution is -2.41. The molecule has 0 bridgehead atoms. The van der Waals surface area contributed by atoms with Crippen LogP contribution in [0.15, 0.2) is 0 Å². The quantitative estimate of drug-likeness (QED) is 0.685. The summed E-state index contributed by atoms with van der Waals surface area (Å²) in [5, 5.41) is 3.43. The molecule has 0 aliphatic carbocycles. The molecule has 0 radical (unpaired) electrons. The molecular formula is C13H27NO3S. The maximum Gasteiger partial charge on any atom is 0.150 e. The molecule has 0 aromatic rings. The predicted octanol–water partition coefficient (Wildman–Crippen LogP) is 1.61. The van der Waals surface area contributed by atoms with E-state index in [0.717, 1.165) is 32.5 Å². The van der Waals surface area contributed by atoms with E-state index in [1.165, 1.54) is 0 Å². The zero-order chi connectivity index (χ0) is 13.6. The lowest BCUT2D eigenvalue weighted by Gasteiger charge is -2.32. The zero-order valence-electron chi connectivity index (χ0n) is 11.9. The van der Waals surface area contributed by atoms with Crippen LogP contribution < -0.4 is 5.32 Å². The number of hydrogen-bond donors (Lipinski definition) is 1. The Bertz CT molecular complexity index is 342. The van der Waals surface area contributed by atoms with Crippen molar-refractivity contribution in [2.45, 2.75) is 46.1 Å². The summed E-state index contributed by atoms with van der Waals surface area (Å²) in [6.07, 6.45) is 2.91. The maximum absolute atomic E-state index is 11.7. The van der Waals surface area contributed by atoms with E-state index in [0.29, 0.717) is 6.42 Å². The van der Waals surface area contributed by atoms with Crippen molar-refractivity contribution in [2.75, 3.05) is 31.2 Å². The number of nitrogens with one attached hydrogen (secondary N) is 1. The molecule has 1 fully saturated rings. The Morgan fingerprint density at radius 2 is 2.11 bits per heavy atom. The van der Waals surface area contributed by atoms with Gasteiger partial charge in [-0.25, -0.2) is 8.42 Å². The Balaban J connectivity index is 2.61. The van der Waals surface area contributed by atoms with E-state index in [1.807, 2.05) is 0 Å². The molecular weight excluding hydrogens is 250 g/mol. The van der Waals surface area contributed by atoms with Crippen molar-refractivity contribution in [3.8, 4) is 0 Å². The van der Waals surface area contributed by atoms with Crippen LogP contribution in [-0.2, 0) is 14.6 Å². The summed E-state index contributed by atoms with van der Waals surface area (Å²) in [4.78, 5) is 0. The molecule has 18 heavy (non-hydrogen) atoms. The Kier molecular flexibility index (Phi) is 6.08. The van der Waals surface area contributed by atoms with Crippen LogP contribution in [0.2, 0.25) is 0 Å². The van der Waals surface area contributed by atoms with Crippen LogP contribution in [0.1, 0.15) is 40.0 Å². The number of hydrogen-bond acceptors (Lipinski definition) is 4. The molecule has 2 unspecified atom stereocenters. The largest absolute Gasteiger partial charge is 0.378 e. The molecule has 0 spiro atoms. The van der Waals surface area contributed by atoms with Gasteiger partial charge in [-0.3, -0.25) is 0 Å². The normalized spacial score (nSPS) is 28.7. The molecule has 0 amide bonds. The van der Waals surface area contributed by atoms with Gasteiger partial charge in [-0.15, -0.1) is 0 Å². The van der Waals surface area contributed by atoms with E-state index in [1.54, 1.807) is 6.92 Å². The van der Waals surface area contributed by atoms with E-state index in [-0.39, 0.29) is 23.0 Å². The molecule has 1 heterocycles. The lowest BCUT2D eigenvalue weighted by atomic mass is 9.79. The highest BCUT2D eigenvalue weighted by atomic mass is 32.2. The summed E-state index contributed by atoms with van der Waals surface area (Å²) in [5.41, 5.74) is -0.00257. The Morgan fingerprint density at radius 3 is 2.61 bits per heavy atom. The van der Waals surface area contributed by atoms with Gasteiger partial charge in [0.2, 0.25) is 0 Å². The summed E-state index contributed by atoms with van der Waals surface area (Å²) in [7, 11) is -2.88. The highest BCUT2D eigenvalue weighted by Gasteiger charge is 2.41. The number of ether oxygens (including phenoxy) is 1. The second kappa shape index (κ2) is 6.87. The Morgan fingerprint density at radius 1 is 1.39 bits per heavy atom. The molecule has 4 nitrogen and oxygen atoms in total. The molecule has 0 saturated carbocycles. The van der Waals surface area contributed by atoms with Crippen LogP contribution in [0.25, 0.3) is 0 Å². The van der Waals surface area contributed by atoms with Gasteiger partial charge in [0.1, 0.15) is 9.84 Å². The van der Waals surface area contributed by atoms with Gasteiger partial charge >= 0.3 is 0 Å². The van der Waals surface area contributed by atoms with Gasteiger partial charge in [-0.05, 0) is 32.7 Å². The van der Waals surface area contributed by atoms with Crippen molar-refractivity contribution in [2.24, 2.45) is 5.41 Å². The SMILES string of the molecule is CCCNCC1(CCS(=O)(=O)CC)CCOC1C. The molecule has 1 aliphatic heterocycles. The van der Waals surface area contributed by atoms with Crippen molar-refractivity contribution in [1.29, 1.82) is 0 Å². The molecule has 0 aromatic heterocycles. The third-order valence-corrected chi connectivity index (χ3v) is 5.79. The highest BCUT2D eigenvalue weighted by molar-refractivity contribution is 7.91. The van der Waals surface area contributed by atoms with Gasteiger partial charge in [-0.1, -0.05) is 13.8 Å². The first-order chi connectivity index (χ1) is 8.46. The van der Waals surface area contributed by atoms with Crippen LogP contribution in [-0.4, -0.2) is 45.7 Å². The van der Waals surface area contributed by atoms with E-state index >= 15 is 0 Å². The third-order valence-electron chi connectivity index (χ3n) is 4.08. The van der Waals surface area contributed by atoms with Crippen molar-refractivity contribution in [1.82, 2.24) is 5.32 Å². The molecule has 108 valence electrons. The summed E-state index contributed by atoms with van der Waals surface area (Å²) in [6, 6.07) is 0. The molecule has 0 aromatic carbocycles. The molecule has 1 saturated heterocycles. The summed E-state index contributed by atoms with van der Waals surface area (Å²) >= 11 is 0. The summed E-state index contributed by atoms with van der Waals surface area (Å²) in [6.45, 7) is 8.51. The summed E-state index contributed by atoms with van der Waals surface area (Å²) < 4.78 is 29.0. The van der Waals surface area contributed by atoms with Crippen LogP contribution in [0, 0.1) is 5.41 Å². The monoisotopic (exact) mass is 277 g/mol. The maximum atomic E-state index is 11.7. The van der Waals surface area contributed by atoms with Gasteiger partial charge in [-0.2, -0.15) is 0 Å². The first-order valence-corrected chi connectivity index (χ1v) is 8.80. The topological polar surface area (TPSA) is 55.4 Å². The minimum absolute atomic E-state index is 0.00257. The van der Waals surface area contributed by atoms with Gasteiger partial charge in [0.05, 0.1) is 11.9 Å². The van der Waals surface area contributed by atoms with E-state index < -0.39 is 9.84 Å². The fourth-order valence-corrected chi connectivity index (χ4v) is 3.49. The van der Waals surface area contributed by atoms with E-state index in [2.05, 4.69) is 19.2 Å². The fourth-order valence-electron chi connectivity index (χ4n) is 2.48. The molecule has 1 rings (SSSR count). The predicted molar refractivity (Wildman–Crippen MR) is 74.6 cm³/mol. The third kappa shape index (κ3) is 4.21. The lowest BCUT2D eigenvalue weighted by molar-refractivity contribution is 0.0615. The van der Waals surface area contributed by atoms with Crippen LogP contribution in [0.3, 0.4) is 0 Å². The molecule has 5 heteroatoms. The minimum atomic E-state index is -2.88. The van der Waals surface area contributed by atoms with Crippen LogP contribution in [0.4, 0.5) is 0 Å². The van der Waals surface area contributed by atoms with E-state index in [9.17, 15) is 8.42 Å². The second-order valence-electron chi connectivity index (χ2n) is 5.29. The second-order valence-corrected chi connectivity index (χ2v) is 7.76. The van der Waals surface area contributed by atoms with E-state index in [4.69, 9.17) is 4.74 Å². The van der Waals surface area contributed by atoms with Gasteiger partial charge in [0.25, 0.3) is 0 Å². The van der Waals surface area contributed by atoms with Gasteiger partial charge in [0.15, 0.2) is 0 Å². The Labute approximate surface area is 111 Å². The van der Waals surface area contributed by atoms with Gasteiger partial charge in [0, 0.05) is 24.3 Å². The van der Waals surface area contributed by atoms with Crippen molar-refractivity contribution in [3.05, 3.63) is 0 Å². The highest BCUT2D eigenvalue weighted by Crippen LogP contribution is 2.38. The smallest absolute Gasteiger partial charge is 0.150 e. The average Bonchev–Trinajstić information content (AvgIpc) is 2.70. The number of sulfone groups is 1. The van der Waals surface area contributed by atoms with Crippen molar-refractivity contribution < 1.29 is 13.2 Å². The zero-order valence-corrected chi connectivity index (χ0v) is 12.7. The molecule has 2 atom stereocenters. The fraction of sp³-hybridized carbons (Fsp3) is 1.00. The van der Waals surface area contributed by atoms with Gasteiger partial charge < -0.3 is 10.1 Å². The standard InChI is InChI=1S/C13H27NO3S/c1-4-8-14-11-13(6-9-17-12(13)3)7-10-18(15,16)5-2/h12,14H,4-11H2,1-3H3. The first-order valence-electron chi connectivity index (χ1n) is 6.98. The van der Waals surface area contributed by atoms with Crippen molar-refractivity contribution in [3.63, 3.8) is 0 Å². The minimum Gasteiger partial charge on any atom is -0.378 e. The van der Waals surface area contributed by atoms with Crippen molar-refractivity contribution >= 4 is 9.84 Å². The Hall–Kier alpha value is -0.130. The molecule has 1 aliphatic rings. The first kappa shape index (κ1) is 15.9. The molecule has 1 N–H and O–H groups in total. The summed E-state index contributed by atoms with van der Waals surface area (Å²) in [5.74, 6) is 0.520.